The molecule has 2 heterocycles. The summed E-state index contributed by atoms with van der Waals surface area (Å²) in [5.41, 5.74) is 1.06. The fraction of sp³-hybridized carbons (Fsp3) is 0.600. The molecule has 5 nitrogen and oxygen atoms in total. The molecule has 0 bridgehead atoms. The zero-order valence-electron chi connectivity index (χ0n) is 14.5. The Balaban J connectivity index is 1.41. The lowest BCUT2D eigenvalue weighted by atomic mass is 9.93. The second-order valence-electron chi connectivity index (χ2n) is 7.45. The molecule has 1 aromatic carbocycles. The summed E-state index contributed by atoms with van der Waals surface area (Å²) in [6, 6.07) is 9.88. The molecular weight excluding hydrogens is 316 g/mol. The summed E-state index contributed by atoms with van der Waals surface area (Å²) < 4.78 is 5.39. The van der Waals surface area contributed by atoms with Crippen LogP contribution in [0.2, 0.25) is 0 Å². The van der Waals surface area contributed by atoms with Gasteiger partial charge in [0.05, 0.1) is 5.92 Å². The standard InChI is InChI=1S/C20H26N2O3/c23-19(18(15-6-7-15)14-4-2-1-3-5-14)21-17-8-11-22(20(17)24)16-9-12-25-13-10-16/h1-5,15-18H,6-13H2,(H,21,23). The number of amides is 2. The van der Waals surface area contributed by atoms with Crippen molar-refractivity contribution in [2.75, 3.05) is 19.8 Å². The van der Waals surface area contributed by atoms with Crippen LogP contribution in [0.1, 0.15) is 43.6 Å². The number of carbonyl (C=O) groups excluding carboxylic acids is 2. The van der Waals surface area contributed by atoms with E-state index in [0.29, 0.717) is 12.3 Å². The molecule has 2 saturated heterocycles. The van der Waals surface area contributed by atoms with E-state index in [0.717, 1.165) is 51.0 Å². The molecule has 134 valence electrons. The van der Waals surface area contributed by atoms with Gasteiger partial charge in [-0.05, 0) is 43.6 Å². The van der Waals surface area contributed by atoms with E-state index in [4.69, 9.17) is 4.74 Å². The summed E-state index contributed by atoms with van der Waals surface area (Å²) in [4.78, 5) is 27.6. The minimum Gasteiger partial charge on any atom is -0.381 e. The van der Waals surface area contributed by atoms with Crippen molar-refractivity contribution in [3.8, 4) is 0 Å². The van der Waals surface area contributed by atoms with E-state index >= 15 is 0 Å². The van der Waals surface area contributed by atoms with Gasteiger partial charge in [-0.2, -0.15) is 0 Å². The Bertz CT molecular complexity index is 623. The molecule has 3 fully saturated rings. The van der Waals surface area contributed by atoms with Crippen molar-refractivity contribution in [3.05, 3.63) is 35.9 Å². The number of hydrogen-bond acceptors (Lipinski definition) is 3. The molecule has 2 unspecified atom stereocenters. The first kappa shape index (κ1) is 16.6. The number of likely N-dealkylation sites (tertiary alicyclic amines) is 1. The van der Waals surface area contributed by atoms with Crippen molar-refractivity contribution < 1.29 is 14.3 Å². The van der Waals surface area contributed by atoms with E-state index in [1.165, 1.54) is 0 Å². The molecule has 0 spiro atoms. The monoisotopic (exact) mass is 342 g/mol. The van der Waals surface area contributed by atoms with Gasteiger partial charge in [-0.25, -0.2) is 0 Å². The number of nitrogens with zero attached hydrogens (tertiary/aromatic N) is 1. The summed E-state index contributed by atoms with van der Waals surface area (Å²) in [6.45, 7) is 2.19. The van der Waals surface area contributed by atoms with E-state index < -0.39 is 0 Å². The normalized spacial score (nSPS) is 25.8. The fourth-order valence-corrected chi connectivity index (χ4v) is 4.18. The summed E-state index contributed by atoms with van der Waals surface area (Å²) in [6.07, 6.45) is 4.72. The van der Waals surface area contributed by atoms with Crippen LogP contribution in [-0.4, -0.2) is 48.6 Å². The van der Waals surface area contributed by atoms with Gasteiger partial charge in [0.2, 0.25) is 11.8 Å². The Morgan fingerprint density at radius 3 is 2.48 bits per heavy atom. The highest BCUT2D eigenvalue weighted by Crippen LogP contribution is 2.42. The second kappa shape index (κ2) is 7.16. The highest BCUT2D eigenvalue weighted by atomic mass is 16.5. The lowest BCUT2D eigenvalue weighted by molar-refractivity contribution is -0.135. The first-order chi connectivity index (χ1) is 12.2. The third kappa shape index (κ3) is 3.56. The molecule has 5 heteroatoms. The summed E-state index contributed by atoms with van der Waals surface area (Å²) in [5, 5.41) is 3.06. The average Bonchev–Trinajstić information content (AvgIpc) is 3.41. The fourth-order valence-electron chi connectivity index (χ4n) is 4.18. The predicted octanol–water partition coefficient (Wildman–Crippen LogP) is 2.08. The molecule has 4 rings (SSSR count). The van der Waals surface area contributed by atoms with E-state index in [2.05, 4.69) is 5.32 Å². The summed E-state index contributed by atoms with van der Waals surface area (Å²) in [7, 11) is 0. The number of carbonyl (C=O) groups is 2. The molecule has 0 radical (unpaired) electrons. The summed E-state index contributed by atoms with van der Waals surface area (Å²) in [5.74, 6) is 0.403. The van der Waals surface area contributed by atoms with E-state index in [9.17, 15) is 9.59 Å². The first-order valence-corrected chi connectivity index (χ1v) is 9.47. The first-order valence-electron chi connectivity index (χ1n) is 9.47. The van der Waals surface area contributed by atoms with Crippen LogP contribution in [0.15, 0.2) is 30.3 Å². The number of ether oxygens (including phenoxy) is 1. The predicted molar refractivity (Wildman–Crippen MR) is 94.0 cm³/mol. The van der Waals surface area contributed by atoms with Crippen molar-refractivity contribution in [2.24, 2.45) is 5.92 Å². The second-order valence-corrected chi connectivity index (χ2v) is 7.45. The minimum atomic E-state index is -0.361. The summed E-state index contributed by atoms with van der Waals surface area (Å²) >= 11 is 0. The SMILES string of the molecule is O=C(NC1CCN(C2CCOCC2)C1=O)C(c1ccccc1)C1CC1. The van der Waals surface area contributed by atoms with Crippen molar-refractivity contribution in [2.45, 2.75) is 50.1 Å². The Labute approximate surface area is 148 Å². The van der Waals surface area contributed by atoms with Crippen LogP contribution in [0.5, 0.6) is 0 Å². The molecule has 1 saturated carbocycles. The molecule has 1 N–H and O–H groups in total. The van der Waals surface area contributed by atoms with Crippen molar-refractivity contribution in [1.29, 1.82) is 0 Å². The quantitative estimate of drug-likeness (QED) is 0.891. The molecule has 0 aromatic heterocycles. The number of nitrogens with one attached hydrogen (secondary N) is 1. The van der Waals surface area contributed by atoms with Crippen LogP contribution in [0.25, 0.3) is 0 Å². The zero-order chi connectivity index (χ0) is 17.2. The van der Waals surface area contributed by atoms with Gasteiger partial charge < -0.3 is 15.0 Å². The van der Waals surface area contributed by atoms with Gasteiger partial charge in [-0.1, -0.05) is 30.3 Å². The van der Waals surface area contributed by atoms with Gasteiger partial charge in [0.25, 0.3) is 0 Å². The Morgan fingerprint density at radius 1 is 1.08 bits per heavy atom. The smallest absolute Gasteiger partial charge is 0.245 e. The molecule has 2 aliphatic heterocycles. The van der Waals surface area contributed by atoms with Gasteiger partial charge >= 0.3 is 0 Å². The third-order valence-corrected chi connectivity index (χ3v) is 5.72. The maximum Gasteiger partial charge on any atom is 0.245 e. The van der Waals surface area contributed by atoms with Gasteiger partial charge in [-0.15, -0.1) is 0 Å². The molecule has 25 heavy (non-hydrogen) atoms. The number of hydrogen-bond donors (Lipinski definition) is 1. The van der Waals surface area contributed by atoms with Gasteiger partial charge in [0.15, 0.2) is 0 Å². The van der Waals surface area contributed by atoms with Crippen molar-refractivity contribution >= 4 is 11.8 Å². The van der Waals surface area contributed by atoms with Crippen LogP contribution in [0.3, 0.4) is 0 Å². The molecule has 1 aliphatic carbocycles. The van der Waals surface area contributed by atoms with Crippen molar-refractivity contribution in [3.63, 3.8) is 0 Å². The maximum absolute atomic E-state index is 12.9. The lowest BCUT2D eigenvalue weighted by Crippen LogP contribution is -2.47. The van der Waals surface area contributed by atoms with Gasteiger partial charge in [0, 0.05) is 25.8 Å². The van der Waals surface area contributed by atoms with Crippen LogP contribution >= 0.6 is 0 Å². The largest absolute Gasteiger partial charge is 0.381 e. The molecular formula is C20H26N2O3. The Kier molecular flexibility index (Phi) is 4.75. The average molecular weight is 342 g/mol. The highest BCUT2D eigenvalue weighted by Gasteiger charge is 2.41. The maximum atomic E-state index is 12.9. The van der Waals surface area contributed by atoms with Gasteiger partial charge in [-0.3, -0.25) is 9.59 Å². The van der Waals surface area contributed by atoms with E-state index in [1.54, 1.807) is 0 Å². The highest BCUT2D eigenvalue weighted by molar-refractivity contribution is 5.92. The van der Waals surface area contributed by atoms with Crippen LogP contribution in [0.4, 0.5) is 0 Å². The van der Waals surface area contributed by atoms with E-state index in [-0.39, 0.29) is 29.8 Å². The van der Waals surface area contributed by atoms with Crippen LogP contribution in [0, 0.1) is 5.92 Å². The van der Waals surface area contributed by atoms with Gasteiger partial charge in [0.1, 0.15) is 6.04 Å². The van der Waals surface area contributed by atoms with Crippen molar-refractivity contribution in [1.82, 2.24) is 10.2 Å². The molecule has 2 atom stereocenters. The topological polar surface area (TPSA) is 58.6 Å². The molecule has 1 aromatic rings. The lowest BCUT2D eigenvalue weighted by Gasteiger charge is -2.31. The molecule has 2 amide bonds. The zero-order valence-corrected chi connectivity index (χ0v) is 14.5. The minimum absolute atomic E-state index is 0.0147. The Morgan fingerprint density at radius 2 is 1.80 bits per heavy atom. The third-order valence-electron chi connectivity index (χ3n) is 5.72. The molecule has 3 aliphatic rings. The Hall–Kier alpha value is -1.88. The van der Waals surface area contributed by atoms with Crippen LogP contribution < -0.4 is 5.32 Å². The number of benzene rings is 1. The van der Waals surface area contributed by atoms with Crippen LogP contribution in [-0.2, 0) is 14.3 Å². The van der Waals surface area contributed by atoms with E-state index in [1.807, 2.05) is 35.2 Å². The number of rotatable bonds is 5.